The molecule has 3 aromatic rings. The lowest BCUT2D eigenvalue weighted by Crippen LogP contribution is -2.52. The van der Waals surface area contributed by atoms with Gasteiger partial charge in [0.1, 0.15) is 11.8 Å². The molecule has 0 bridgehead atoms. The maximum Gasteiger partial charge on any atom is 0.255 e. The van der Waals surface area contributed by atoms with Gasteiger partial charge in [0.2, 0.25) is 11.8 Å². The molecular formula is C28H27N3O4S. The van der Waals surface area contributed by atoms with Crippen molar-refractivity contribution in [2.75, 3.05) is 19.7 Å². The number of hydrogen-bond acceptors (Lipinski definition) is 6. The topological polar surface area (TPSA) is 79.0 Å². The van der Waals surface area contributed by atoms with Crippen molar-refractivity contribution in [2.24, 2.45) is 0 Å². The van der Waals surface area contributed by atoms with E-state index in [1.165, 1.54) is 20.5 Å². The number of fused-ring (bicyclic) bond motifs is 5. The van der Waals surface area contributed by atoms with E-state index in [0.717, 1.165) is 43.8 Å². The highest BCUT2D eigenvalue weighted by Crippen LogP contribution is 2.49. The Labute approximate surface area is 213 Å². The molecule has 1 spiro atoms. The normalized spacial score (nSPS) is 23.2. The standard InChI is InChI=1S/C28H27N3O4S/c32-24-8-7-22(26(33)29-24)31-15-20-19(27(31)34)5-6-21-25(20)35-16-28(21)9-11-30(12-10-28)14-18-13-17-3-1-2-4-23(17)36-18/h1-6,13,22H,7-12,14-16H2,(H,29,32,33). The van der Waals surface area contributed by atoms with E-state index >= 15 is 0 Å². The molecule has 4 aliphatic heterocycles. The second-order valence-electron chi connectivity index (χ2n) is 10.5. The molecule has 0 aliphatic carbocycles. The fourth-order valence-corrected chi connectivity index (χ4v) is 7.48. The first kappa shape index (κ1) is 22.0. The van der Waals surface area contributed by atoms with E-state index in [-0.39, 0.29) is 29.6 Å². The predicted molar refractivity (Wildman–Crippen MR) is 136 cm³/mol. The van der Waals surface area contributed by atoms with Gasteiger partial charge in [-0.2, -0.15) is 0 Å². The van der Waals surface area contributed by atoms with Gasteiger partial charge in [-0.25, -0.2) is 0 Å². The molecule has 0 radical (unpaired) electrons. The summed E-state index contributed by atoms with van der Waals surface area (Å²) in [6.07, 6.45) is 2.67. The number of piperidine rings is 2. The van der Waals surface area contributed by atoms with Gasteiger partial charge in [-0.15, -0.1) is 11.3 Å². The van der Waals surface area contributed by atoms with Gasteiger partial charge in [-0.3, -0.25) is 24.6 Å². The molecular weight excluding hydrogens is 474 g/mol. The fraction of sp³-hybridized carbons (Fsp3) is 0.393. The number of carbonyl (C=O) groups is 3. The third-order valence-corrected chi connectivity index (χ3v) is 9.50. The maximum absolute atomic E-state index is 13.2. The number of likely N-dealkylation sites (tertiary alicyclic amines) is 1. The Kier molecular flexibility index (Phi) is 4.98. The number of hydrogen-bond donors (Lipinski definition) is 1. The van der Waals surface area contributed by atoms with Crippen molar-refractivity contribution in [1.82, 2.24) is 15.1 Å². The third kappa shape index (κ3) is 3.38. The van der Waals surface area contributed by atoms with Crippen molar-refractivity contribution in [3.63, 3.8) is 0 Å². The minimum absolute atomic E-state index is 0.0217. The van der Waals surface area contributed by atoms with Crippen molar-refractivity contribution in [1.29, 1.82) is 0 Å². The van der Waals surface area contributed by atoms with Gasteiger partial charge in [0.25, 0.3) is 5.91 Å². The summed E-state index contributed by atoms with van der Waals surface area (Å²) in [4.78, 5) is 42.7. The van der Waals surface area contributed by atoms with Gasteiger partial charge in [0.15, 0.2) is 0 Å². The summed E-state index contributed by atoms with van der Waals surface area (Å²) in [5.41, 5.74) is 2.71. The molecule has 8 heteroatoms. The highest BCUT2D eigenvalue weighted by Gasteiger charge is 2.47. The van der Waals surface area contributed by atoms with Crippen LogP contribution in [0.2, 0.25) is 0 Å². The summed E-state index contributed by atoms with van der Waals surface area (Å²) in [6.45, 7) is 3.99. The molecule has 5 heterocycles. The lowest BCUT2D eigenvalue weighted by Gasteiger charge is -2.38. The Morgan fingerprint density at radius 1 is 1.08 bits per heavy atom. The SMILES string of the molecule is O=C1CCC(N2Cc3c(ccc4c3OCC43CCN(Cc4cc5ccccc5s4)CC3)C2=O)C(=O)N1. The molecule has 2 aromatic carbocycles. The molecule has 4 aliphatic rings. The lowest BCUT2D eigenvalue weighted by molar-refractivity contribution is -0.136. The highest BCUT2D eigenvalue weighted by molar-refractivity contribution is 7.19. The first-order valence-electron chi connectivity index (χ1n) is 12.6. The molecule has 1 N–H and O–H groups in total. The van der Waals surface area contributed by atoms with Crippen molar-refractivity contribution >= 4 is 39.1 Å². The number of ether oxygens (including phenoxy) is 1. The fourth-order valence-electron chi connectivity index (χ4n) is 6.37. The molecule has 7 nitrogen and oxygen atoms in total. The number of nitrogens with zero attached hydrogens (tertiary/aromatic N) is 2. The van der Waals surface area contributed by atoms with Crippen LogP contribution < -0.4 is 10.1 Å². The average Bonchev–Trinajstić information content (AvgIpc) is 3.55. The summed E-state index contributed by atoms with van der Waals surface area (Å²) in [7, 11) is 0. The lowest BCUT2D eigenvalue weighted by atomic mass is 9.74. The molecule has 36 heavy (non-hydrogen) atoms. The smallest absolute Gasteiger partial charge is 0.255 e. The van der Waals surface area contributed by atoms with Crippen LogP contribution in [-0.2, 0) is 28.1 Å². The van der Waals surface area contributed by atoms with E-state index in [4.69, 9.17) is 4.74 Å². The molecule has 1 atom stereocenters. The van der Waals surface area contributed by atoms with Crippen molar-refractivity contribution in [3.05, 3.63) is 64.0 Å². The van der Waals surface area contributed by atoms with E-state index < -0.39 is 6.04 Å². The van der Waals surface area contributed by atoms with Gasteiger partial charge in [-0.05, 0) is 55.9 Å². The Balaban J connectivity index is 1.08. The summed E-state index contributed by atoms with van der Waals surface area (Å²) >= 11 is 1.88. The maximum atomic E-state index is 13.2. The molecule has 3 amide bonds. The van der Waals surface area contributed by atoms with E-state index in [1.807, 2.05) is 17.4 Å². The summed E-state index contributed by atoms with van der Waals surface area (Å²) in [5.74, 6) is 0.0383. The van der Waals surface area contributed by atoms with Crippen LogP contribution in [0.15, 0.2) is 42.5 Å². The van der Waals surface area contributed by atoms with Crippen LogP contribution >= 0.6 is 11.3 Å². The largest absolute Gasteiger partial charge is 0.492 e. The Morgan fingerprint density at radius 2 is 1.92 bits per heavy atom. The molecule has 1 unspecified atom stereocenters. The van der Waals surface area contributed by atoms with E-state index in [0.29, 0.717) is 25.1 Å². The van der Waals surface area contributed by atoms with Gasteiger partial charge in [0.05, 0.1) is 13.2 Å². The van der Waals surface area contributed by atoms with Gasteiger partial charge < -0.3 is 9.64 Å². The van der Waals surface area contributed by atoms with Gasteiger partial charge in [-0.1, -0.05) is 24.3 Å². The summed E-state index contributed by atoms with van der Waals surface area (Å²) in [6, 6.07) is 14.3. The Morgan fingerprint density at radius 3 is 2.72 bits per heavy atom. The molecule has 2 saturated heterocycles. The van der Waals surface area contributed by atoms with E-state index in [9.17, 15) is 14.4 Å². The minimum atomic E-state index is -0.606. The first-order valence-corrected chi connectivity index (χ1v) is 13.5. The number of imide groups is 1. The monoisotopic (exact) mass is 501 g/mol. The zero-order valence-electron chi connectivity index (χ0n) is 19.9. The van der Waals surface area contributed by atoms with Crippen molar-refractivity contribution in [2.45, 2.75) is 50.2 Å². The van der Waals surface area contributed by atoms with E-state index in [2.05, 4.69) is 46.6 Å². The van der Waals surface area contributed by atoms with E-state index in [1.54, 1.807) is 4.90 Å². The summed E-state index contributed by atoms with van der Waals surface area (Å²) in [5, 5.41) is 3.69. The number of nitrogens with one attached hydrogen (secondary N) is 1. The van der Waals surface area contributed by atoms with Crippen LogP contribution in [0.1, 0.15) is 52.0 Å². The van der Waals surface area contributed by atoms with Gasteiger partial charge >= 0.3 is 0 Å². The van der Waals surface area contributed by atoms with Gasteiger partial charge in [0, 0.05) is 44.6 Å². The predicted octanol–water partition coefficient (Wildman–Crippen LogP) is 3.59. The number of benzene rings is 2. The Hall–Kier alpha value is -3.23. The quantitative estimate of drug-likeness (QED) is 0.555. The summed E-state index contributed by atoms with van der Waals surface area (Å²) < 4.78 is 7.65. The number of carbonyl (C=O) groups excluding carboxylic acids is 3. The van der Waals surface area contributed by atoms with Crippen molar-refractivity contribution < 1.29 is 19.1 Å². The van der Waals surface area contributed by atoms with Crippen LogP contribution in [0, 0.1) is 0 Å². The average molecular weight is 502 g/mol. The second kappa shape index (κ2) is 8.15. The van der Waals surface area contributed by atoms with Crippen LogP contribution in [0.25, 0.3) is 10.1 Å². The molecule has 1 aromatic heterocycles. The molecule has 0 saturated carbocycles. The Bertz CT molecular complexity index is 1390. The van der Waals surface area contributed by atoms with Crippen LogP contribution in [-0.4, -0.2) is 53.3 Å². The molecule has 7 rings (SSSR count). The van der Waals surface area contributed by atoms with Crippen LogP contribution in [0.4, 0.5) is 0 Å². The number of amides is 3. The highest BCUT2D eigenvalue weighted by atomic mass is 32.1. The first-order chi connectivity index (χ1) is 17.5. The zero-order valence-corrected chi connectivity index (χ0v) is 20.7. The van der Waals surface area contributed by atoms with Crippen LogP contribution in [0.3, 0.4) is 0 Å². The van der Waals surface area contributed by atoms with Crippen LogP contribution in [0.5, 0.6) is 5.75 Å². The zero-order chi connectivity index (χ0) is 24.4. The second-order valence-corrected chi connectivity index (χ2v) is 11.6. The molecule has 184 valence electrons. The molecule has 2 fully saturated rings. The number of rotatable bonds is 3. The van der Waals surface area contributed by atoms with Crippen molar-refractivity contribution in [3.8, 4) is 5.75 Å². The minimum Gasteiger partial charge on any atom is -0.492 e. The number of thiophene rings is 1. The third-order valence-electron chi connectivity index (χ3n) is 8.40.